The highest BCUT2D eigenvalue weighted by Crippen LogP contribution is 2.49. The molecule has 31 heavy (non-hydrogen) atoms. The number of anilines is 1. The second-order valence-electron chi connectivity index (χ2n) is 8.48. The van der Waals surface area contributed by atoms with Gasteiger partial charge in [0.2, 0.25) is 15.9 Å². The van der Waals surface area contributed by atoms with Gasteiger partial charge in [-0.1, -0.05) is 42.5 Å². The molecular formula is C23H31N3O3S2. The van der Waals surface area contributed by atoms with Gasteiger partial charge in [-0.3, -0.25) is 9.52 Å². The van der Waals surface area contributed by atoms with E-state index in [1.807, 2.05) is 24.3 Å². The molecule has 2 aromatic carbocycles. The van der Waals surface area contributed by atoms with Crippen LogP contribution in [0, 0.1) is 0 Å². The highest BCUT2D eigenvalue weighted by atomic mass is 32.2. The number of rotatable bonds is 8. The molecule has 1 heterocycles. The Balaban J connectivity index is 0.00000272. The lowest BCUT2D eigenvalue weighted by Gasteiger charge is -2.27. The lowest BCUT2D eigenvalue weighted by atomic mass is 9.93. The van der Waals surface area contributed by atoms with E-state index in [1.54, 1.807) is 18.2 Å². The molecule has 1 saturated heterocycles. The molecule has 1 aliphatic carbocycles. The summed E-state index contributed by atoms with van der Waals surface area (Å²) in [5.41, 5.74) is 1.89. The third-order valence-corrected chi connectivity index (χ3v) is 6.66. The maximum atomic E-state index is 13.4. The number of benzene rings is 2. The number of amides is 1. The Kier molecular flexibility index (Phi) is 7.34. The second kappa shape index (κ2) is 9.63. The number of hydrogen-bond donors (Lipinski definition) is 2. The third kappa shape index (κ3) is 5.81. The largest absolute Gasteiger partial charge is 0.347 e. The van der Waals surface area contributed by atoms with Crippen molar-refractivity contribution >= 4 is 35.1 Å². The van der Waals surface area contributed by atoms with Gasteiger partial charge in [0.15, 0.2) is 0 Å². The Morgan fingerprint density at radius 1 is 1.06 bits per heavy atom. The molecule has 0 unspecified atom stereocenters. The van der Waals surface area contributed by atoms with Crippen LogP contribution in [0.2, 0.25) is 0 Å². The van der Waals surface area contributed by atoms with E-state index in [4.69, 9.17) is 0 Å². The van der Waals surface area contributed by atoms with E-state index in [2.05, 4.69) is 27.1 Å². The second-order valence-corrected chi connectivity index (χ2v) is 10.2. The minimum Gasteiger partial charge on any atom is -0.347 e. The normalized spacial score (nSPS) is 18.6. The number of carbonyl (C=O) groups excluding carboxylic acids is 1. The SMILES string of the molecule is CS(=O)(=O)Nc1cccc(C2(C(=O)N[C@H](CN3CCCC3)c3ccccc3)CC2)c1.S. The van der Waals surface area contributed by atoms with Gasteiger partial charge in [0, 0.05) is 12.2 Å². The Bertz CT molecular complexity index is 1000. The van der Waals surface area contributed by atoms with Crippen molar-refractivity contribution in [1.29, 1.82) is 0 Å². The fourth-order valence-electron chi connectivity index (χ4n) is 4.31. The molecule has 2 aromatic rings. The molecule has 2 fully saturated rings. The number of carbonyl (C=O) groups is 1. The van der Waals surface area contributed by atoms with Crippen LogP contribution in [0.15, 0.2) is 54.6 Å². The van der Waals surface area contributed by atoms with Crippen LogP contribution in [0.4, 0.5) is 5.69 Å². The smallest absolute Gasteiger partial charge is 0.231 e. The van der Waals surface area contributed by atoms with Crippen molar-refractivity contribution in [3.05, 3.63) is 65.7 Å². The minimum atomic E-state index is -3.36. The van der Waals surface area contributed by atoms with Crippen LogP contribution < -0.4 is 10.0 Å². The molecule has 0 radical (unpaired) electrons. The minimum absolute atomic E-state index is 0. The number of hydrogen-bond acceptors (Lipinski definition) is 4. The number of likely N-dealkylation sites (tertiary alicyclic amines) is 1. The standard InChI is InChI=1S/C23H29N3O3S.H2S/c1-30(28,29)25-20-11-7-10-19(16-20)23(12-13-23)22(27)24-21(17-26-14-5-6-15-26)18-8-3-2-4-9-18;/h2-4,7-11,16,21,25H,5-6,12-15,17H2,1H3,(H,24,27);1H2/t21-;/m1./s1. The fourth-order valence-corrected chi connectivity index (χ4v) is 4.86. The molecule has 2 N–H and O–H groups in total. The van der Waals surface area contributed by atoms with Gasteiger partial charge in [-0.05, 0) is 62.0 Å². The Hall–Kier alpha value is -2.03. The average Bonchev–Trinajstić information content (AvgIpc) is 3.37. The highest BCUT2D eigenvalue weighted by molar-refractivity contribution is 7.92. The molecule has 2 aliphatic rings. The van der Waals surface area contributed by atoms with Gasteiger partial charge in [0.25, 0.3) is 0 Å². The molecule has 6 nitrogen and oxygen atoms in total. The Morgan fingerprint density at radius 2 is 1.74 bits per heavy atom. The van der Waals surface area contributed by atoms with Crippen LogP contribution in [0.5, 0.6) is 0 Å². The molecule has 1 aliphatic heterocycles. The first-order valence-electron chi connectivity index (χ1n) is 10.5. The molecule has 4 rings (SSSR count). The first-order valence-corrected chi connectivity index (χ1v) is 12.4. The summed E-state index contributed by atoms with van der Waals surface area (Å²) < 4.78 is 25.7. The highest BCUT2D eigenvalue weighted by Gasteiger charge is 2.51. The summed E-state index contributed by atoms with van der Waals surface area (Å²) in [6, 6.07) is 17.3. The van der Waals surface area contributed by atoms with E-state index in [0.29, 0.717) is 5.69 Å². The summed E-state index contributed by atoms with van der Waals surface area (Å²) >= 11 is 0. The molecule has 1 atom stereocenters. The van der Waals surface area contributed by atoms with Crippen molar-refractivity contribution in [2.75, 3.05) is 30.6 Å². The Labute approximate surface area is 191 Å². The fraction of sp³-hybridized carbons (Fsp3) is 0.435. The number of nitrogens with zero attached hydrogens (tertiary/aromatic N) is 1. The Morgan fingerprint density at radius 3 is 2.35 bits per heavy atom. The van der Waals surface area contributed by atoms with Crippen molar-refractivity contribution in [2.45, 2.75) is 37.1 Å². The molecule has 0 bridgehead atoms. The van der Waals surface area contributed by atoms with Gasteiger partial charge in [-0.2, -0.15) is 13.5 Å². The van der Waals surface area contributed by atoms with Crippen LogP contribution in [0.3, 0.4) is 0 Å². The third-order valence-electron chi connectivity index (χ3n) is 6.05. The molecule has 0 spiro atoms. The van der Waals surface area contributed by atoms with Crippen molar-refractivity contribution in [1.82, 2.24) is 10.2 Å². The van der Waals surface area contributed by atoms with Gasteiger partial charge in [0.1, 0.15) is 0 Å². The summed E-state index contributed by atoms with van der Waals surface area (Å²) in [5.74, 6) is 0.0204. The van der Waals surface area contributed by atoms with Crippen molar-refractivity contribution in [3.8, 4) is 0 Å². The van der Waals surface area contributed by atoms with Crippen LogP contribution in [-0.4, -0.2) is 45.1 Å². The monoisotopic (exact) mass is 461 g/mol. The summed E-state index contributed by atoms with van der Waals surface area (Å²) in [4.78, 5) is 15.8. The zero-order valence-corrected chi connectivity index (χ0v) is 19.6. The lowest BCUT2D eigenvalue weighted by molar-refractivity contribution is -0.124. The van der Waals surface area contributed by atoms with Crippen molar-refractivity contribution in [2.24, 2.45) is 0 Å². The predicted molar refractivity (Wildman–Crippen MR) is 129 cm³/mol. The van der Waals surface area contributed by atoms with Gasteiger partial charge >= 0.3 is 0 Å². The molecule has 8 heteroatoms. The first kappa shape index (κ1) is 23.6. The van der Waals surface area contributed by atoms with Gasteiger partial charge in [-0.25, -0.2) is 8.42 Å². The van der Waals surface area contributed by atoms with E-state index in [9.17, 15) is 13.2 Å². The van der Waals surface area contributed by atoms with Gasteiger partial charge < -0.3 is 10.2 Å². The zero-order chi connectivity index (χ0) is 21.2. The summed E-state index contributed by atoms with van der Waals surface area (Å²) in [6.07, 6.45) is 5.08. The average molecular weight is 462 g/mol. The van der Waals surface area contributed by atoms with E-state index in [0.717, 1.165) is 49.9 Å². The number of sulfonamides is 1. The lowest BCUT2D eigenvalue weighted by Crippen LogP contribution is -2.41. The topological polar surface area (TPSA) is 78.5 Å². The van der Waals surface area contributed by atoms with Crippen LogP contribution in [-0.2, 0) is 20.2 Å². The maximum absolute atomic E-state index is 13.4. The summed E-state index contributed by atoms with van der Waals surface area (Å²) in [6.45, 7) is 2.95. The predicted octanol–water partition coefficient (Wildman–Crippen LogP) is 3.16. The summed E-state index contributed by atoms with van der Waals surface area (Å²) in [5, 5.41) is 3.31. The maximum Gasteiger partial charge on any atom is 0.231 e. The van der Waals surface area contributed by atoms with E-state index in [1.165, 1.54) is 12.8 Å². The van der Waals surface area contributed by atoms with Gasteiger partial charge in [0.05, 0.1) is 17.7 Å². The van der Waals surface area contributed by atoms with E-state index >= 15 is 0 Å². The molecule has 0 aromatic heterocycles. The first-order chi connectivity index (χ1) is 14.4. The van der Waals surface area contributed by atoms with Crippen molar-refractivity contribution < 1.29 is 13.2 Å². The molecule has 1 saturated carbocycles. The van der Waals surface area contributed by atoms with Crippen molar-refractivity contribution in [3.63, 3.8) is 0 Å². The van der Waals surface area contributed by atoms with Crippen LogP contribution in [0.1, 0.15) is 42.9 Å². The zero-order valence-electron chi connectivity index (χ0n) is 17.8. The molecule has 168 valence electrons. The van der Waals surface area contributed by atoms with E-state index < -0.39 is 15.4 Å². The molecular weight excluding hydrogens is 430 g/mol. The van der Waals surface area contributed by atoms with Crippen LogP contribution >= 0.6 is 13.5 Å². The quantitative estimate of drug-likeness (QED) is 0.633. The number of nitrogens with one attached hydrogen (secondary N) is 2. The van der Waals surface area contributed by atoms with E-state index in [-0.39, 0.29) is 25.4 Å². The van der Waals surface area contributed by atoms with Crippen LogP contribution in [0.25, 0.3) is 0 Å². The van der Waals surface area contributed by atoms with Gasteiger partial charge in [-0.15, -0.1) is 0 Å². The molecule has 1 amide bonds. The summed E-state index contributed by atoms with van der Waals surface area (Å²) in [7, 11) is -3.36.